The fourth-order valence-electron chi connectivity index (χ4n) is 2.36. The number of nitrogens with zero attached hydrogens (tertiary/aromatic N) is 4. The minimum atomic E-state index is -0.504. The summed E-state index contributed by atoms with van der Waals surface area (Å²) in [6.45, 7) is 2.12. The van der Waals surface area contributed by atoms with Crippen molar-refractivity contribution in [1.82, 2.24) is 24.0 Å². The number of carbonyl (C=O) groups is 1. The summed E-state index contributed by atoms with van der Waals surface area (Å²) in [5.41, 5.74) is -0.571. The number of imidazole rings is 1. The van der Waals surface area contributed by atoms with E-state index in [-0.39, 0.29) is 24.0 Å². The van der Waals surface area contributed by atoms with Crippen LogP contribution in [0.15, 0.2) is 14.3 Å². The molecular weight excluding hydrogens is 370 g/mol. The molecule has 126 valence electrons. The van der Waals surface area contributed by atoms with Gasteiger partial charge in [-0.3, -0.25) is 23.3 Å². The molecule has 1 atom stereocenters. The maximum atomic E-state index is 12.2. The van der Waals surface area contributed by atoms with E-state index in [1.54, 1.807) is 7.11 Å². The van der Waals surface area contributed by atoms with Gasteiger partial charge in [0.05, 0.1) is 6.61 Å². The Balaban J connectivity index is 2.46. The van der Waals surface area contributed by atoms with Crippen LogP contribution in [0.25, 0.3) is 11.2 Å². The predicted molar refractivity (Wildman–Crippen MR) is 87.4 cm³/mol. The molecule has 0 fully saturated rings. The monoisotopic (exact) mass is 387 g/mol. The van der Waals surface area contributed by atoms with E-state index in [1.807, 2.05) is 6.92 Å². The minimum absolute atomic E-state index is 0.0778. The van der Waals surface area contributed by atoms with E-state index in [1.165, 1.54) is 23.2 Å². The molecule has 10 heteroatoms. The van der Waals surface area contributed by atoms with Crippen molar-refractivity contribution in [3.05, 3.63) is 25.6 Å². The molecule has 0 spiro atoms. The number of hydrogen-bond acceptors (Lipinski definition) is 5. The highest BCUT2D eigenvalue weighted by molar-refractivity contribution is 9.10. The largest absolute Gasteiger partial charge is 0.383 e. The number of amides is 1. The number of aryl methyl sites for hydroxylation is 1. The van der Waals surface area contributed by atoms with E-state index in [2.05, 4.69) is 26.2 Å². The standard InChI is InChI=1S/C13H18BrN5O4/c1-7(6-23-4)15-8(20)5-19-10-9(16-12(19)14)11(21)18(3)13(22)17(10)2/h7H,5-6H2,1-4H3,(H,15,20). The second-order valence-electron chi connectivity index (χ2n) is 5.27. The Labute approximate surface area is 140 Å². The highest BCUT2D eigenvalue weighted by Gasteiger charge is 2.19. The first-order chi connectivity index (χ1) is 10.8. The maximum absolute atomic E-state index is 12.2. The van der Waals surface area contributed by atoms with Crippen molar-refractivity contribution in [2.45, 2.75) is 19.5 Å². The molecule has 2 aromatic rings. The lowest BCUT2D eigenvalue weighted by Gasteiger charge is -2.14. The fourth-order valence-corrected chi connectivity index (χ4v) is 2.83. The molecule has 9 nitrogen and oxygen atoms in total. The average Bonchev–Trinajstić information content (AvgIpc) is 2.80. The van der Waals surface area contributed by atoms with Gasteiger partial charge < -0.3 is 10.1 Å². The van der Waals surface area contributed by atoms with Crippen molar-refractivity contribution in [3.8, 4) is 0 Å². The summed E-state index contributed by atoms with van der Waals surface area (Å²) in [4.78, 5) is 40.5. The zero-order valence-corrected chi connectivity index (χ0v) is 14.9. The van der Waals surface area contributed by atoms with Gasteiger partial charge in [0.15, 0.2) is 15.9 Å². The van der Waals surface area contributed by atoms with Crippen molar-refractivity contribution in [2.75, 3.05) is 13.7 Å². The third-order valence-corrected chi connectivity index (χ3v) is 4.02. The highest BCUT2D eigenvalue weighted by Crippen LogP contribution is 2.16. The third kappa shape index (κ3) is 3.22. The molecule has 0 bridgehead atoms. The number of hydrogen-bond donors (Lipinski definition) is 1. The summed E-state index contributed by atoms with van der Waals surface area (Å²) in [6, 6.07) is -0.155. The molecule has 0 saturated heterocycles. The van der Waals surface area contributed by atoms with Gasteiger partial charge in [-0.15, -0.1) is 0 Å². The first-order valence-corrected chi connectivity index (χ1v) is 7.67. The Morgan fingerprint density at radius 1 is 1.35 bits per heavy atom. The summed E-state index contributed by atoms with van der Waals surface area (Å²) in [5.74, 6) is -0.275. The molecule has 0 saturated carbocycles. The van der Waals surface area contributed by atoms with Crippen molar-refractivity contribution in [1.29, 1.82) is 0 Å². The number of halogens is 1. The van der Waals surface area contributed by atoms with Gasteiger partial charge in [-0.1, -0.05) is 0 Å². The molecule has 0 aliphatic rings. The topological polar surface area (TPSA) is 100 Å². The van der Waals surface area contributed by atoms with E-state index in [9.17, 15) is 14.4 Å². The molecule has 0 radical (unpaired) electrons. The molecule has 2 rings (SSSR count). The lowest BCUT2D eigenvalue weighted by atomic mass is 10.3. The van der Waals surface area contributed by atoms with Crippen LogP contribution in [0, 0.1) is 0 Å². The van der Waals surface area contributed by atoms with E-state index in [0.717, 1.165) is 4.57 Å². The van der Waals surface area contributed by atoms with Gasteiger partial charge in [0, 0.05) is 27.2 Å². The summed E-state index contributed by atoms with van der Waals surface area (Å²) >= 11 is 3.24. The predicted octanol–water partition coefficient (Wildman–Crippen LogP) is -0.653. The Morgan fingerprint density at radius 3 is 2.61 bits per heavy atom. The summed E-state index contributed by atoms with van der Waals surface area (Å²) in [7, 11) is 4.46. The van der Waals surface area contributed by atoms with Gasteiger partial charge >= 0.3 is 5.69 Å². The number of carbonyl (C=O) groups excluding carboxylic acids is 1. The van der Waals surface area contributed by atoms with Crippen LogP contribution in [0.3, 0.4) is 0 Å². The molecule has 0 aliphatic heterocycles. The Bertz CT molecular complexity index is 866. The van der Waals surface area contributed by atoms with Crippen molar-refractivity contribution < 1.29 is 9.53 Å². The Hall–Kier alpha value is -1.94. The molecule has 1 amide bonds. The quantitative estimate of drug-likeness (QED) is 0.686. The maximum Gasteiger partial charge on any atom is 0.332 e. The Morgan fingerprint density at radius 2 is 2.00 bits per heavy atom. The van der Waals surface area contributed by atoms with Gasteiger partial charge in [0.2, 0.25) is 5.91 Å². The summed E-state index contributed by atoms with van der Waals surface area (Å²) in [6.07, 6.45) is 0. The van der Waals surface area contributed by atoms with Crippen LogP contribution >= 0.6 is 15.9 Å². The summed E-state index contributed by atoms with van der Waals surface area (Å²) < 4.78 is 9.02. The summed E-state index contributed by atoms with van der Waals surface area (Å²) in [5, 5.41) is 2.77. The van der Waals surface area contributed by atoms with Crippen LogP contribution < -0.4 is 16.6 Å². The number of fused-ring (bicyclic) bond motifs is 1. The third-order valence-electron chi connectivity index (χ3n) is 3.42. The first-order valence-electron chi connectivity index (χ1n) is 6.88. The average molecular weight is 388 g/mol. The van der Waals surface area contributed by atoms with Gasteiger partial charge in [-0.2, -0.15) is 0 Å². The van der Waals surface area contributed by atoms with Crippen LogP contribution in [-0.2, 0) is 30.2 Å². The second kappa shape index (κ2) is 6.67. The lowest BCUT2D eigenvalue weighted by Crippen LogP contribution is -2.39. The highest BCUT2D eigenvalue weighted by atomic mass is 79.9. The van der Waals surface area contributed by atoms with Crippen LogP contribution in [-0.4, -0.2) is 44.4 Å². The van der Waals surface area contributed by atoms with Crippen LogP contribution in [0.2, 0.25) is 0 Å². The molecule has 1 unspecified atom stereocenters. The van der Waals surface area contributed by atoms with Crippen LogP contribution in [0.4, 0.5) is 0 Å². The lowest BCUT2D eigenvalue weighted by molar-refractivity contribution is -0.122. The fraction of sp³-hybridized carbons (Fsp3) is 0.538. The smallest absolute Gasteiger partial charge is 0.332 e. The SMILES string of the molecule is COCC(C)NC(=O)Cn1c(Br)nc2c(=O)n(C)c(=O)n(C)c21. The Kier molecular flexibility index (Phi) is 5.05. The van der Waals surface area contributed by atoms with Gasteiger partial charge in [0.25, 0.3) is 5.56 Å². The molecule has 1 N–H and O–H groups in total. The van der Waals surface area contributed by atoms with Crippen molar-refractivity contribution >= 4 is 33.0 Å². The van der Waals surface area contributed by atoms with E-state index in [4.69, 9.17) is 4.74 Å². The van der Waals surface area contributed by atoms with E-state index < -0.39 is 11.2 Å². The minimum Gasteiger partial charge on any atom is -0.383 e. The zero-order chi connectivity index (χ0) is 17.3. The number of aromatic nitrogens is 4. The van der Waals surface area contributed by atoms with Gasteiger partial charge in [0.1, 0.15) is 6.54 Å². The first kappa shape index (κ1) is 17.4. The number of rotatable bonds is 5. The van der Waals surface area contributed by atoms with Gasteiger partial charge in [-0.25, -0.2) is 9.78 Å². The molecule has 0 aliphatic carbocycles. The molecule has 0 aromatic carbocycles. The molecular formula is C13H18BrN5O4. The van der Waals surface area contributed by atoms with E-state index in [0.29, 0.717) is 17.0 Å². The van der Waals surface area contributed by atoms with Crippen LogP contribution in [0.1, 0.15) is 6.92 Å². The van der Waals surface area contributed by atoms with Gasteiger partial charge in [-0.05, 0) is 22.9 Å². The molecule has 2 aromatic heterocycles. The van der Waals surface area contributed by atoms with E-state index >= 15 is 0 Å². The zero-order valence-electron chi connectivity index (χ0n) is 13.3. The number of ether oxygens (including phenoxy) is 1. The second-order valence-corrected chi connectivity index (χ2v) is 5.98. The normalized spacial score (nSPS) is 12.6. The van der Waals surface area contributed by atoms with Crippen molar-refractivity contribution in [2.24, 2.45) is 14.1 Å². The molecule has 2 heterocycles. The number of nitrogens with one attached hydrogen (secondary N) is 1. The molecule has 23 heavy (non-hydrogen) atoms. The number of methoxy groups -OCH3 is 1. The van der Waals surface area contributed by atoms with Crippen molar-refractivity contribution in [3.63, 3.8) is 0 Å². The van der Waals surface area contributed by atoms with Crippen LogP contribution in [0.5, 0.6) is 0 Å².